The Balaban J connectivity index is 2.26. The van der Waals surface area contributed by atoms with Crippen molar-refractivity contribution >= 4 is 27.3 Å². The number of phenols is 1. The van der Waals surface area contributed by atoms with E-state index >= 15 is 0 Å². The molecule has 0 radical (unpaired) electrons. The number of hydrogen-bond donors (Lipinski definition) is 2. The van der Waals surface area contributed by atoms with Crippen molar-refractivity contribution in [1.29, 1.82) is 0 Å². The number of phenolic OH excluding ortho intramolecular Hbond substituents is 1. The van der Waals surface area contributed by atoms with E-state index in [0.717, 1.165) is 21.3 Å². The van der Waals surface area contributed by atoms with Gasteiger partial charge in [-0.15, -0.1) is 0 Å². The summed E-state index contributed by atoms with van der Waals surface area (Å²) in [5, 5.41) is 23.9. The summed E-state index contributed by atoms with van der Waals surface area (Å²) < 4.78 is 0.795. The summed E-state index contributed by atoms with van der Waals surface area (Å²) in [4.78, 5) is 10.6. The number of nitrogens with one attached hydrogen (secondary N) is 1. The molecule has 0 aliphatic heterocycles. The number of nitro benzene ring substituents is 1. The predicted molar refractivity (Wildman–Crippen MR) is 85.7 cm³/mol. The number of benzene rings is 2. The lowest BCUT2D eigenvalue weighted by molar-refractivity contribution is -0.385. The minimum atomic E-state index is -0.390. The van der Waals surface area contributed by atoms with Crippen LogP contribution in [0.4, 0.5) is 11.4 Å². The van der Waals surface area contributed by atoms with Crippen LogP contribution in [0.1, 0.15) is 16.7 Å². The summed E-state index contributed by atoms with van der Waals surface area (Å²) in [5.41, 5.74) is 3.17. The molecule has 0 bridgehead atoms. The van der Waals surface area contributed by atoms with Crippen molar-refractivity contribution in [1.82, 2.24) is 0 Å². The molecule has 0 amide bonds. The highest BCUT2D eigenvalue weighted by molar-refractivity contribution is 9.10. The molecule has 0 heterocycles. The van der Waals surface area contributed by atoms with E-state index in [2.05, 4.69) is 21.2 Å². The lowest BCUT2D eigenvalue weighted by atomic mass is 10.1. The number of nitro groups is 1. The molecule has 0 saturated carbocycles. The van der Waals surface area contributed by atoms with Gasteiger partial charge in [0.25, 0.3) is 5.69 Å². The molecule has 0 aliphatic rings. The maximum Gasteiger partial charge on any atom is 0.274 e. The Morgan fingerprint density at radius 3 is 2.62 bits per heavy atom. The van der Waals surface area contributed by atoms with Crippen molar-refractivity contribution in [2.24, 2.45) is 0 Å². The highest BCUT2D eigenvalue weighted by Crippen LogP contribution is 2.27. The van der Waals surface area contributed by atoms with E-state index in [1.165, 1.54) is 6.07 Å². The van der Waals surface area contributed by atoms with Crippen LogP contribution in [0.2, 0.25) is 0 Å². The number of rotatable bonds is 4. The number of halogens is 1. The molecular formula is C15H15BrN2O3. The molecule has 0 saturated heterocycles. The average molecular weight is 351 g/mol. The van der Waals surface area contributed by atoms with Crippen LogP contribution in [0.15, 0.2) is 34.8 Å². The van der Waals surface area contributed by atoms with E-state index in [1.807, 2.05) is 19.9 Å². The Morgan fingerprint density at radius 1 is 1.24 bits per heavy atom. The number of hydrogen-bond acceptors (Lipinski definition) is 4. The molecule has 0 aliphatic carbocycles. The third-order valence-corrected chi connectivity index (χ3v) is 3.74. The topological polar surface area (TPSA) is 75.4 Å². The Morgan fingerprint density at radius 2 is 1.95 bits per heavy atom. The molecule has 0 fully saturated rings. The molecule has 0 aromatic heterocycles. The van der Waals surface area contributed by atoms with Gasteiger partial charge in [0, 0.05) is 28.3 Å². The fourth-order valence-electron chi connectivity index (χ4n) is 2.06. The minimum Gasteiger partial charge on any atom is -0.508 e. The van der Waals surface area contributed by atoms with E-state index in [9.17, 15) is 15.2 Å². The number of aryl methyl sites for hydroxylation is 2. The second-order valence-electron chi connectivity index (χ2n) is 4.84. The van der Waals surface area contributed by atoms with Gasteiger partial charge in [0.05, 0.1) is 4.92 Å². The van der Waals surface area contributed by atoms with Gasteiger partial charge in [-0.05, 0) is 49.2 Å². The number of nitrogens with zero attached hydrogens (tertiary/aromatic N) is 1. The van der Waals surface area contributed by atoms with E-state index in [0.29, 0.717) is 12.1 Å². The molecule has 6 heteroatoms. The molecule has 21 heavy (non-hydrogen) atoms. The highest BCUT2D eigenvalue weighted by Gasteiger charge is 2.14. The second-order valence-corrected chi connectivity index (χ2v) is 5.75. The van der Waals surface area contributed by atoms with E-state index in [-0.39, 0.29) is 11.4 Å². The maximum atomic E-state index is 11.0. The summed E-state index contributed by atoms with van der Waals surface area (Å²) in [6, 6.07) is 8.36. The fraction of sp³-hybridized carbons (Fsp3) is 0.200. The first-order chi connectivity index (χ1) is 9.88. The summed E-state index contributed by atoms with van der Waals surface area (Å²) in [6.45, 7) is 4.01. The molecule has 2 aromatic carbocycles. The average Bonchev–Trinajstić information content (AvgIpc) is 2.41. The Bertz CT molecular complexity index is 702. The first-order valence-corrected chi connectivity index (χ1v) is 7.14. The fourth-order valence-corrected chi connectivity index (χ4v) is 2.46. The summed E-state index contributed by atoms with van der Waals surface area (Å²) in [7, 11) is 0. The van der Waals surface area contributed by atoms with Crippen molar-refractivity contribution < 1.29 is 10.0 Å². The lowest BCUT2D eigenvalue weighted by Crippen LogP contribution is -2.04. The molecule has 2 rings (SSSR count). The molecular weight excluding hydrogens is 336 g/mol. The summed E-state index contributed by atoms with van der Waals surface area (Å²) in [6.07, 6.45) is 0. The standard InChI is InChI=1S/C15H15BrN2O3/c1-9-6-15(19)10(2)5-13(9)17-8-11-7-12(16)3-4-14(11)18(20)21/h3-7,17,19H,8H2,1-2H3. The van der Waals surface area contributed by atoms with Crippen molar-refractivity contribution in [3.05, 3.63) is 61.6 Å². The first kappa shape index (κ1) is 15.3. The maximum absolute atomic E-state index is 11.0. The predicted octanol–water partition coefficient (Wildman–Crippen LogP) is 4.29. The zero-order valence-corrected chi connectivity index (χ0v) is 13.3. The van der Waals surface area contributed by atoms with Crippen molar-refractivity contribution in [3.63, 3.8) is 0 Å². The van der Waals surface area contributed by atoms with Gasteiger partial charge in [-0.2, -0.15) is 0 Å². The molecule has 0 spiro atoms. The smallest absolute Gasteiger partial charge is 0.274 e. The SMILES string of the molecule is Cc1cc(NCc2cc(Br)ccc2[N+](=O)[O-])c(C)cc1O. The highest BCUT2D eigenvalue weighted by atomic mass is 79.9. The monoisotopic (exact) mass is 350 g/mol. The molecule has 2 N–H and O–H groups in total. The molecule has 2 aromatic rings. The van der Waals surface area contributed by atoms with Crippen LogP contribution in [0.3, 0.4) is 0 Å². The van der Waals surface area contributed by atoms with Gasteiger partial charge in [0.2, 0.25) is 0 Å². The zero-order chi connectivity index (χ0) is 15.6. The van der Waals surface area contributed by atoms with Crippen LogP contribution in [0, 0.1) is 24.0 Å². The second kappa shape index (κ2) is 6.13. The Hall–Kier alpha value is -2.08. The largest absolute Gasteiger partial charge is 0.508 e. The van der Waals surface area contributed by atoms with Crippen LogP contribution < -0.4 is 5.32 Å². The van der Waals surface area contributed by atoms with Gasteiger partial charge in [-0.3, -0.25) is 10.1 Å². The van der Waals surface area contributed by atoms with E-state index in [1.54, 1.807) is 18.2 Å². The van der Waals surface area contributed by atoms with Crippen LogP contribution in [0.5, 0.6) is 5.75 Å². The van der Waals surface area contributed by atoms with Crippen LogP contribution in [-0.2, 0) is 6.54 Å². The van der Waals surface area contributed by atoms with Crippen molar-refractivity contribution in [2.45, 2.75) is 20.4 Å². The zero-order valence-electron chi connectivity index (χ0n) is 11.7. The first-order valence-electron chi connectivity index (χ1n) is 6.35. The van der Waals surface area contributed by atoms with Crippen LogP contribution in [0.25, 0.3) is 0 Å². The minimum absolute atomic E-state index is 0.0823. The van der Waals surface area contributed by atoms with Gasteiger partial charge in [0.1, 0.15) is 5.75 Å². The third-order valence-electron chi connectivity index (χ3n) is 3.25. The Kier molecular flexibility index (Phi) is 4.47. The molecule has 0 unspecified atom stereocenters. The third kappa shape index (κ3) is 3.52. The quantitative estimate of drug-likeness (QED) is 0.489. The molecule has 0 atom stereocenters. The van der Waals surface area contributed by atoms with Gasteiger partial charge in [0.15, 0.2) is 0 Å². The van der Waals surface area contributed by atoms with Crippen LogP contribution >= 0.6 is 15.9 Å². The number of aromatic hydroxyl groups is 1. The van der Waals surface area contributed by atoms with Gasteiger partial charge in [-0.25, -0.2) is 0 Å². The normalized spacial score (nSPS) is 10.4. The lowest BCUT2D eigenvalue weighted by Gasteiger charge is -2.12. The molecule has 110 valence electrons. The summed E-state index contributed by atoms with van der Waals surface area (Å²) >= 11 is 3.32. The van der Waals surface area contributed by atoms with E-state index < -0.39 is 4.92 Å². The van der Waals surface area contributed by atoms with Gasteiger partial charge in [-0.1, -0.05) is 15.9 Å². The Labute approximate surface area is 130 Å². The van der Waals surface area contributed by atoms with Gasteiger partial charge >= 0.3 is 0 Å². The van der Waals surface area contributed by atoms with Crippen LogP contribution in [-0.4, -0.2) is 10.0 Å². The molecule has 5 nitrogen and oxygen atoms in total. The van der Waals surface area contributed by atoms with Gasteiger partial charge < -0.3 is 10.4 Å². The van der Waals surface area contributed by atoms with Crippen molar-refractivity contribution in [2.75, 3.05) is 5.32 Å². The van der Waals surface area contributed by atoms with Crippen molar-refractivity contribution in [3.8, 4) is 5.75 Å². The van der Waals surface area contributed by atoms with E-state index in [4.69, 9.17) is 0 Å². The number of anilines is 1. The summed E-state index contributed by atoms with van der Waals surface area (Å²) in [5.74, 6) is 0.242.